The maximum Gasteiger partial charge on any atom is 0.363 e. The van der Waals surface area contributed by atoms with E-state index in [0.717, 1.165) is 0 Å². The minimum atomic E-state index is -0.617. The molecule has 0 fully saturated rings. The van der Waals surface area contributed by atoms with Gasteiger partial charge >= 0.3 is 5.97 Å². The number of nitro groups is 1. The number of cyclic esters (lactones) is 1. The van der Waals surface area contributed by atoms with Gasteiger partial charge in [-0.2, -0.15) is 0 Å². The fraction of sp³-hybridized carbons (Fsp3) is 0.0588. The molecule has 0 spiro atoms. The van der Waals surface area contributed by atoms with Crippen molar-refractivity contribution in [2.75, 3.05) is 7.11 Å². The summed E-state index contributed by atoms with van der Waals surface area (Å²) >= 11 is 3.36. The van der Waals surface area contributed by atoms with Gasteiger partial charge < -0.3 is 9.47 Å². The second kappa shape index (κ2) is 6.86. The van der Waals surface area contributed by atoms with Crippen LogP contribution < -0.4 is 4.74 Å². The van der Waals surface area contributed by atoms with E-state index in [1.807, 2.05) is 0 Å². The van der Waals surface area contributed by atoms with Gasteiger partial charge in [-0.25, -0.2) is 9.79 Å². The Balaban J connectivity index is 1.93. The number of rotatable bonds is 4. The van der Waals surface area contributed by atoms with Crippen molar-refractivity contribution in [2.24, 2.45) is 4.99 Å². The molecular weight excluding hydrogens is 392 g/mol. The summed E-state index contributed by atoms with van der Waals surface area (Å²) in [6, 6.07) is 11.1. The summed E-state index contributed by atoms with van der Waals surface area (Å²) in [7, 11) is 1.55. The van der Waals surface area contributed by atoms with Crippen molar-refractivity contribution < 1.29 is 19.2 Å². The lowest BCUT2D eigenvalue weighted by Gasteiger charge is -2.05. The van der Waals surface area contributed by atoms with E-state index in [-0.39, 0.29) is 17.3 Å². The molecular formula is C17H11BrN2O5. The van der Waals surface area contributed by atoms with Crippen molar-refractivity contribution in [1.29, 1.82) is 0 Å². The summed E-state index contributed by atoms with van der Waals surface area (Å²) in [5.74, 6) is 0.180. The zero-order valence-electron chi connectivity index (χ0n) is 12.9. The average Bonchev–Trinajstić information content (AvgIpc) is 2.96. The molecule has 0 aromatic heterocycles. The quantitative estimate of drug-likeness (QED) is 0.336. The molecule has 0 N–H and O–H groups in total. The first-order valence-corrected chi connectivity index (χ1v) is 7.88. The van der Waals surface area contributed by atoms with Crippen LogP contribution in [0.15, 0.2) is 57.6 Å². The smallest absolute Gasteiger partial charge is 0.363 e. The molecule has 0 saturated heterocycles. The van der Waals surface area contributed by atoms with Crippen LogP contribution in [0.4, 0.5) is 5.69 Å². The van der Waals surface area contributed by atoms with Gasteiger partial charge in [0.2, 0.25) is 5.90 Å². The standard InChI is InChI=1S/C17H11BrN2O5/c1-24-15-6-5-11(9-13(15)18)16-19-14(17(21)25-16)8-10-3-2-4-12(7-10)20(22)23/h2-9H,1H3. The number of carbonyl (C=O) groups is 1. The molecule has 2 aromatic carbocycles. The molecule has 0 saturated carbocycles. The summed E-state index contributed by atoms with van der Waals surface area (Å²) in [5, 5.41) is 10.8. The summed E-state index contributed by atoms with van der Waals surface area (Å²) in [5.41, 5.74) is 1.09. The first-order valence-electron chi connectivity index (χ1n) is 7.09. The predicted molar refractivity (Wildman–Crippen MR) is 94.4 cm³/mol. The van der Waals surface area contributed by atoms with Crippen molar-refractivity contribution in [3.05, 3.63) is 73.9 Å². The number of carbonyl (C=O) groups excluding carboxylic acids is 1. The van der Waals surface area contributed by atoms with Gasteiger partial charge in [-0.3, -0.25) is 10.1 Å². The van der Waals surface area contributed by atoms with Gasteiger partial charge in [0.25, 0.3) is 5.69 Å². The Bertz CT molecular complexity index is 936. The van der Waals surface area contributed by atoms with Gasteiger partial charge in [-0.05, 0) is 45.8 Å². The van der Waals surface area contributed by atoms with Crippen molar-refractivity contribution in [3.8, 4) is 5.75 Å². The SMILES string of the molecule is COc1ccc(C2=NC(=Cc3cccc([N+](=O)[O-])c3)C(=O)O2)cc1Br. The number of methoxy groups -OCH3 is 1. The highest BCUT2D eigenvalue weighted by Gasteiger charge is 2.24. The van der Waals surface area contributed by atoms with Gasteiger partial charge in [0.15, 0.2) is 5.70 Å². The number of nitrogens with zero attached hydrogens (tertiary/aromatic N) is 2. The third kappa shape index (κ3) is 3.58. The molecule has 1 aliphatic heterocycles. The Morgan fingerprint density at radius 1 is 1.28 bits per heavy atom. The minimum Gasteiger partial charge on any atom is -0.496 e. The van der Waals surface area contributed by atoms with Crippen molar-refractivity contribution >= 4 is 39.6 Å². The third-order valence-corrected chi connectivity index (χ3v) is 4.02. The number of nitro benzene ring substituents is 1. The van der Waals surface area contributed by atoms with Crippen LogP contribution in [0.3, 0.4) is 0 Å². The second-order valence-electron chi connectivity index (χ2n) is 5.04. The van der Waals surface area contributed by atoms with Gasteiger partial charge in [0, 0.05) is 17.7 Å². The molecule has 0 atom stereocenters. The van der Waals surface area contributed by atoms with E-state index >= 15 is 0 Å². The van der Waals surface area contributed by atoms with Crippen LogP contribution in [-0.4, -0.2) is 23.9 Å². The fourth-order valence-corrected chi connectivity index (χ4v) is 2.76. The molecule has 126 valence electrons. The van der Waals surface area contributed by atoms with Crippen molar-refractivity contribution in [1.82, 2.24) is 0 Å². The van der Waals surface area contributed by atoms with E-state index in [4.69, 9.17) is 9.47 Å². The maximum absolute atomic E-state index is 12.0. The maximum atomic E-state index is 12.0. The Morgan fingerprint density at radius 3 is 2.76 bits per heavy atom. The van der Waals surface area contributed by atoms with E-state index in [1.54, 1.807) is 31.4 Å². The number of non-ortho nitro benzene ring substituents is 1. The number of halogens is 1. The Labute approximate surface area is 150 Å². The van der Waals surface area contributed by atoms with Gasteiger partial charge in [0.05, 0.1) is 16.5 Å². The van der Waals surface area contributed by atoms with E-state index in [2.05, 4.69) is 20.9 Å². The van der Waals surface area contributed by atoms with Crippen LogP contribution in [0.2, 0.25) is 0 Å². The van der Waals surface area contributed by atoms with E-state index in [0.29, 0.717) is 21.3 Å². The molecule has 3 rings (SSSR count). The van der Waals surface area contributed by atoms with E-state index in [1.165, 1.54) is 24.3 Å². The zero-order valence-corrected chi connectivity index (χ0v) is 14.5. The van der Waals surface area contributed by atoms with Crippen LogP contribution in [0.1, 0.15) is 11.1 Å². The highest BCUT2D eigenvalue weighted by molar-refractivity contribution is 9.10. The van der Waals surface area contributed by atoms with Crippen molar-refractivity contribution in [2.45, 2.75) is 0 Å². The van der Waals surface area contributed by atoms with E-state index in [9.17, 15) is 14.9 Å². The van der Waals surface area contributed by atoms with E-state index < -0.39 is 10.9 Å². The fourth-order valence-electron chi connectivity index (χ4n) is 2.22. The number of aliphatic imine (C=N–C) groups is 1. The molecule has 25 heavy (non-hydrogen) atoms. The first-order chi connectivity index (χ1) is 12.0. The molecule has 0 aliphatic carbocycles. The number of hydrogen-bond acceptors (Lipinski definition) is 6. The Kier molecular flexibility index (Phi) is 4.62. The molecule has 0 amide bonds. The lowest BCUT2D eigenvalue weighted by molar-refractivity contribution is -0.384. The van der Waals surface area contributed by atoms with Crippen LogP contribution >= 0.6 is 15.9 Å². The highest BCUT2D eigenvalue weighted by Crippen LogP contribution is 2.28. The highest BCUT2D eigenvalue weighted by atomic mass is 79.9. The largest absolute Gasteiger partial charge is 0.496 e. The lowest BCUT2D eigenvalue weighted by atomic mass is 10.1. The average molecular weight is 403 g/mol. The molecule has 0 radical (unpaired) electrons. The monoisotopic (exact) mass is 402 g/mol. The third-order valence-electron chi connectivity index (χ3n) is 3.40. The number of ether oxygens (including phenoxy) is 2. The second-order valence-corrected chi connectivity index (χ2v) is 5.89. The van der Waals surface area contributed by atoms with Gasteiger partial charge in [-0.1, -0.05) is 12.1 Å². The van der Waals surface area contributed by atoms with Crippen molar-refractivity contribution in [3.63, 3.8) is 0 Å². The molecule has 7 nitrogen and oxygen atoms in total. The molecule has 1 heterocycles. The number of hydrogen-bond donors (Lipinski definition) is 0. The van der Waals surface area contributed by atoms with Crippen LogP contribution in [0, 0.1) is 10.1 Å². The topological polar surface area (TPSA) is 91.0 Å². The van der Waals surface area contributed by atoms with Gasteiger partial charge in [0.1, 0.15) is 5.75 Å². The number of benzene rings is 2. The first kappa shape index (κ1) is 16.8. The summed E-state index contributed by atoms with van der Waals surface area (Å²) in [6.07, 6.45) is 1.45. The van der Waals surface area contributed by atoms with Gasteiger partial charge in [-0.15, -0.1) is 0 Å². The molecule has 0 unspecified atom stereocenters. The van der Waals surface area contributed by atoms with Crippen LogP contribution in [-0.2, 0) is 9.53 Å². The predicted octanol–water partition coefficient (Wildman–Crippen LogP) is 3.71. The van der Waals surface area contributed by atoms with Crippen LogP contribution in [0.5, 0.6) is 5.75 Å². The Morgan fingerprint density at radius 2 is 2.08 bits per heavy atom. The summed E-state index contributed by atoms with van der Waals surface area (Å²) in [6.45, 7) is 0. The normalized spacial score (nSPS) is 15.0. The summed E-state index contributed by atoms with van der Waals surface area (Å²) < 4.78 is 11.0. The summed E-state index contributed by atoms with van der Waals surface area (Å²) in [4.78, 5) is 26.5. The zero-order chi connectivity index (χ0) is 18.0. The minimum absolute atomic E-state index is 0.0657. The van der Waals surface area contributed by atoms with Crippen LogP contribution in [0.25, 0.3) is 6.08 Å². The Hall–Kier alpha value is -3.00. The number of esters is 1. The molecule has 2 aromatic rings. The molecule has 8 heteroatoms. The molecule has 1 aliphatic rings. The lowest BCUT2D eigenvalue weighted by Crippen LogP contribution is -2.05. The molecule has 0 bridgehead atoms.